The van der Waals surface area contributed by atoms with E-state index in [-0.39, 0.29) is 17.4 Å². The van der Waals surface area contributed by atoms with Gasteiger partial charge in [0.2, 0.25) is 5.91 Å². The molecule has 55 heavy (non-hydrogen) atoms. The second kappa shape index (κ2) is 18.6. The molecule has 6 rings (SSSR count). The summed E-state index contributed by atoms with van der Waals surface area (Å²) in [5.41, 5.74) is 5.53. The molecule has 276 valence electrons. The number of esters is 1. The summed E-state index contributed by atoms with van der Waals surface area (Å²) in [7, 11) is 1.31. The fraction of sp³-hybridized carbons (Fsp3) is 0.0909. The van der Waals surface area contributed by atoms with Crippen LogP contribution in [0.25, 0.3) is 17.2 Å². The number of thiophene rings is 1. The van der Waals surface area contributed by atoms with Crippen molar-refractivity contribution in [3.8, 4) is 16.9 Å². The Morgan fingerprint density at radius 2 is 1.49 bits per heavy atom. The van der Waals surface area contributed by atoms with Crippen LogP contribution in [0.5, 0.6) is 5.75 Å². The van der Waals surface area contributed by atoms with Crippen molar-refractivity contribution in [2.45, 2.75) is 18.4 Å². The monoisotopic (exact) mass is 767 g/mol. The Morgan fingerprint density at radius 1 is 0.782 bits per heavy atom. The van der Waals surface area contributed by atoms with Crippen LogP contribution in [-0.4, -0.2) is 36.6 Å². The molecule has 0 aliphatic rings. The Balaban J connectivity index is 1.12. The molecule has 6 aromatic rings. The molecule has 11 heteroatoms. The maximum atomic E-state index is 13.7. The molecule has 5 aromatic carbocycles. The number of nitrogens with one attached hydrogen (secondary N) is 3. The molecule has 3 N–H and O–H groups in total. The van der Waals surface area contributed by atoms with Crippen molar-refractivity contribution in [1.29, 1.82) is 0 Å². The van der Waals surface area contributed by atoms with E-state index in [0.29, 0.717) is 45.3 Å². The van der Waals surface area contributed by atoms with Gasteiger partial charge in [0.15, 0.2) is 0 Å². The molecule has 0 bridgehead atoms. The summed E-state index contributed by atoms with van der Waals surface area (Å²) in [6, 6.07) is 40.5. The highest BCUT2D eigenvalue weighted by atomic mass is 32.2. The minimum Gasteiger partial charge on any atom is -0.489 e. The molecule has 0 fully saturated rings. The van der Waals surface area contributed by atoms with Crippen LogP contribution >= 0.6 is 23.1 Å². The van der Waals surface area contributed by atoms with E-state index in [1.807, 2.05) is 73.0 Å². The number of aryl methyl sites for hydroxylation is 1. The number of ether oxygens (including phenoxy) is 2. The Labute approximate surface area is 327 Å². The lowest BCUT2D eigenvalue weighted by atomic mass is 10.0. The Kier molecular flexibility index (Phi) is 12.9. The van der Waals surface area contributed by atoms with E-state index < -0.39 is 17.8 Å². The van der Waals surface area contributed by atoms with Crippen molar-refractivity contribution in [3.05, 3.63) is 172 Å². The molecular formula is C44H37N3O6S2. The van der Waals surface area contributed by atoms with Gasteiger partial charge in [-0.1, -0.05) is 96.6 Å². The van der Waals surface area contributed by atoms with Gasteiger partial charge in [-0.2, -0.15) is 0 Å². The van der Waals surface area contributed by atoms with Crippen molar-refractivity contribution >= 4 is 63.6 Å². The zero-order valence-corrected chi connectivity index (χ0v) is 31.7. The molecule has 9 nitrogen and oxygen atoms in total. The predicted molar refractivity (Wildman–Crippen MR) is 219 cm³/mol. The molecule has 1 heterocycles. The summed E-state index contributed by atoms with van der Waals surface area (Å²) in [4.78, 5) is 53.4. The van der Waals surface area contributed by atoms with Crippen LogP contribution in [0.3, 0.4) is 0 Å². The molecule has 0 aliphatic carbocycles. The number of methoxy groups -OCH3 is 1. The number of hydrogen-bond donors (Lipinski definition) is 3. The lowest BCUT2D eigenvalue weighted by molar-refractivity contribution is -0.114. The number of thioether (sulfide) groups is 1. The van der Waals surface area contributed by atoms with E-state index in [4.69, 9.17) is 9.47 Å². The van der Waals surface area contributed by atoms with Gasteiger partial charge in [-0.3, -0.25) is 14.4 Å². The SMILES string of the molecule is COC(=O)c1c(-c2ccc(C)cc2)csc1NC(=O)CSc1cccc(NC(=O)/C(=C/c2ccc(OCc3ccccc3)cc2)NC(=O)c2ccccc2)c1. The summed E-state index contributed by atoms with van der Waals surface area (Å²) >= 11 is 2.52. The van der Waals surface area contributed by atoms with Crippen LogP contribution in [0, 0.1) is 6.92 Å². The van der Waals surface area contributed by atoms with Crippen molar-refractivity contribution in [2.75, 3.05) is 23.5 Å². The highest BCUT2D eigenvalue weighted by molar-refractivity contribution is 8.00. The van der Waals surface area contributed by atoms with E-state index in [9.17, 15) is 19.2 Å². The molecule has 0 saturated carbocycles. The fourth-order valence-corrected chi connectivity index (χ4v) is 7.11. The van der Waals surface area contributed by atoms with Gasteiger partial charge in [-0.15, -0.1) is 23.1 Å². The zero-order valence-electron chi connectivity index (χ0n) is 30.0. The van der Waals surface area contributed by atoms with Crippen LogP contribution in [0.4, 0.5) is 10.7 Å². The summed E-state index contributed by atoms with van der Waals surface area (Å²) in [5.74, 6) is -1.12. The molecule has 0 saturated heterocycles. The van der Waals surface area contributed by atoms with Crippen molar-refractivity contribution in [3.63, 3.8) is 0 Å². The lowest BCUT2D eigenvalue weighted by Crippen LogP contribution is -2.30. The molecule has 3 amide bonds. The smallest absolute Gasteiger partial charge is 0.341 e. The fourth-order valence-electron chi connectivity index (χ4n) is 5.38. The second-order valence-electron chi connectivity index (χ2n) is 12.3. The van der Waals surface area contributed by atoms with E-state index in [1.165, 1.54) is 30.2 Å². The van der Waals surface area contributed by atoms with E-state index >= 15 is 0 Å². The van der Waals surface area contributed by atoms with Gasteiger partial charge in [0.1, 0.15) is 28.6 Å². The number of benzene rings is 5. The average Bonchev–Trinajstić information content (AvgIpc) is 3.63. The first-order valence-corrected chi connectivity index (χ1v) is 19.1. The first-order valence-electron chi connectivity index (χ1n) is 17.2. The van der Waals surface area contributed by atoms with Gasteiger partial charge < -0.3 is 25.4 Å². The number of carbonyl (C=O) groups is 4. The molecule has 0 unspecified atom stereocenters. The number of anilines is 2. The van der Waals surface area contributed by atoms with Crippen LogP contribution in [0.2, 0.25) is 0 Å². The molecule has 0 aliphatic heterocycles. The zero-order chi connectivity index (χ0) is 38.6. The molecule has 0 spiro atoms. The minimum absolute atomic E-state index is 0.0339. The topological polar surface area (TPSA) is 123 Å². The highest BCUT2D eigenvalue weighted by Crippen LogP contribution is 2.36. The third-order valence-corrected chi connectivity index (χ3v) is 10.1. The van der Waals surface area contributed by atoms with Crippen LogP contribution < -0.4 is 20.7 Å². The third kappa shape index (κ3) is 10.6. The Bertz CT molecular complexity index is 2310. The summed E-state index contributed by atoms with van der Waals surface area (Å²) in [6.45, 7) is 2.40. The third-order valence-electron chi connectivity index (χ3n) is 8.23. The van der Waals surface area contributed by atoms with Crippen LogP contribution in [-0.2, 0) is 20.9 Å². The minimum atomic E-state index is -0.540. The summed E-state index contributed by atoms with van der Waals surface area (Å²) < 4.78 is 10.9. The standard InChI is InChI=1S/C44H37N3O6S2/c1-29-16-20-32(21-17-29)37-27-55-43(40(37)44(51)52-2)47-39(48)28-54-36-15-9-14-34(25-36)45-42(50)38(46-41(49)33-12-7-4-8-13-33)24-30-18-22-35(23-19-30)53-26-31-10-5-3-6-11-31/h3-25,27H,26,28H2,1-2H3,(H,45,50)(H,46,49)(H,47,48)/b38-24-. The lowest BCUT2D eigenvalue weighted by Gasteiger charge is -2.13. The largest absolute Gasteiger partial charge is 0.489 e. The first-order chi connectivity index (χ1) is 26.7. The number of carbonyl (C=O) groups excluding carboxylic acids is 4. The average molecular weight is 768 g/mol. The van der Waals surface area contributed by atoms with Gasteiger partial charge in [-0.05, 0) is 72.2 Å². The van der Waals surface area contributed by atoms with E-state index in [0.717, 1.165) is 21.6 Å². The number of amides is 3. The van der Waals surface area contributed by atoms with Gasteiger partial charge in [0, 0.05) is 27.1 Å². The highest BCUT2D eigenvalue weighted by Gasteiger charge is 2.22. The molecular weight excluding hydrogens is 731 g/mol. The van der Waals surface area contributed by atoms with Gasteiger partial charge in [-0.25, -0.2) is 4.79 Å². The van der Waals surface area contributed by atoms with E-state index in [1.54, 1.807) is 78.9 Å². The van der Waals surface area contributed by atoms with Crippen molar-refractivity contribution in [1.82, 2.24) is 5.32 Å². The number of rotatable bonds is 14. The normalized spacial score (nSPS) is 11.0. The van der Waals surface area contributed by atoms with Gasteiger partial charge in [0.05, 0.1) is 12.9 Å². The molecule has 1 aromatic heterocycles. The predicted octanol–water partition coefficient (Wildman–Crippen LogP) is 9.23. The van der Waals surface area contributed by atoms with Crippen molar-refractivity contribution in [2.24, 2.45) is 0 Å². The number of hydrogen-bond acceptors (Lipinski definition) is 8. The maximum absolute atomic E-state index is 13.7. The van der Waals surface area contributed by atoms with Gasteiger partial charge >= 0.3 is 5.97 Å². The molecule has 0 radical (unpaired) electrons. The summed E-state index contributed by atoms with van der Waals surface area (Å²) in [6.07, 6.45) is 1.59. The van der Waals surface area contributed by atoms with Gasteiger partial charge in [0.25, 0.3) is 11.8 Å². The quantitative estimate of drug-likeness (QED) is 0.0574. The maximum Gasteiger partial charge on any atom is 0.341 e. The molecule has 0 atom stereocenters. The van der Waals surface area contributed by atoms with Crippen LogP contribution in [0.1, 0.15) is 37.4 Å². The van der Waals surface area contributed by atoms with Crippen LogP contribution in [0.15, 0.2) is 149 Å². The first kappa shape index (κ1) is 38.3. The van der Waals surface area contributed by atoms with E-state index in [2.05, 4.69) is 16.0 Å². The van der Waals surface area contributed by atoms with Crippen molar-refractivity contribution < 1.29 is 28.7 Å². The second-order valence-corrected chi connectivity index (χ2v) is 14.2. The Morgan fingerprint density at radius 3 is 2.20 bits per heavy atom. The Hall–Kier alpha value is -6.43. The summed E-state index contributed by atoms with van der Waals surface area (Å²) in [5, 5.41) is 10.7.